The number of phenolic OH excluding ortho intramolecular Hbond substituents is 1. The Labute approximate surface area is 125 Å². The van der Waals surface area contributed by atoms with Crippen LogP contribution in [0.15, 0.2) is 24.4 Å². The molecule has 1 aliphatic rings. The summed E-state index contributed by atoms with van der Waals surface area (Å²) < 4.78 is 0. The molecule has 1 aliphatic heterocycles. The van der Waals surface area contributed by atoms with Crippen molar-refractivity contribution in [1.82, 2.24) is 9.88 Å². The number of nitro groups is 1. The summed E-state index contributed by atoms with van der Waals surface area (Å²) in [7, 11) is 0. The summed E-state index contributed by atoms with van der Waals surface area (Å²) in [4.78, 5) is 28.9. The molecule has 0 unspecified atom stereocenters. The number of carbonyl (C=O) groups is 1. The van der Waals surface area contributed by atoms with Crippen LogP contribution in [0.4, 0.5) is 11.4 Å². The number of phenols is 1. The number of amides is 1. The number of anilines is 1. The standard InChI is InChI=1S/C14H14N4O4/c19-9-16-5-7-17(8-6-16)11-3-4-15-13-10(11)1-2-12(14(13)20)18(21)22/h1-4,9,20H,5-8H2. The topological polar surface area (TPSA) is 99.8 Å². The summed E-state index contributed by atoms with van der Waals surface area (Å²) in [6.45, 7) is 2.56. The number of piperazine rings is 1. The first-order chi connectivity index (χ1) is 10.6. The molecule has 1 aromatic carbocycles. The van der Waals surface area contributed by atoms with Crippen molar-refractivity contribution in [3.05, 3.63) is 34.5 Å². The van der Waals surface area contributed by atoms with E-state index in [0.29, 0.717) is 31.6 Å². The number of benzene rings is 1. The van der Waals surface area contributed by atoms with Crippen LogP contribution < -0.4 is 4.90 Å². The summed E-state index contributed by atoms with van der Waals surface area (Å²) in [5, 5.41) is 21.6. The number of hydrogen-bond acceptors (Lipinski definition) is 6. The Morgan fingerprint density at radius 1 is 1.23 bits per heavy atom. The third kappa shape index (κ3) is 2.28. The number of hydrogen-bond donors (Lipinski definition) is 1. The fourth-order valence-corrected chi connectivity index (χ4v) is 2.67. The molecule has 114 valence electrons. The summed E-state index contributed by atoms with van der Waals surface area (Å²) >= 11 is 0. The van der Waals surface area contributed by atoms with E-state index in [2.05, 4.69) is 9.88 Å². The average molecular weight is 302 g/mol. The van der Waals surface area contributed by atoms with E-state index < -0.39 is 10.7 Å². The Kier molecular flexibility index (Phi) is 3.50. The first kappa shape index (κ1) is 14.1. The number of aromatic nitrogens is 1. The van der Waals surface area contributed by atoms with E-state index in [1.807, 2.05) is 6.07 Å². The molecule has 8 nitrogen and oxygen atoms in total. The number of fused-ring (bicyclic) bond motifs is 1. The van der Waals surface area contributed by atoms with Gasteiger partial charge in [0.15, 0.2) is 0 Å². The van der Waals surface area contributed by atoms with Crippen LogP contribution in [0.3, 0.4) is 0 Å². The third-order valence-electron chi connectivity index (χ3n) is 3.84. The minimum absolute atomic E-state index is 0.213. The molecule has 0 bridgehead atoms. The van der Waals surface area contributed by atoms with Crippen molar-refractivity contribution >= 4 is 28.7 Å². The number of nitrogens with zero attached hydrogens (tertiary/aromatic N) is 4. The van der Waals surface area contributed by atoms with Gasteiger partial charge < -0.3 is 14.9 Å². The summed E-state index contributed by atoms with van der Waals surface area (Å²) in [5.41, 5.74) is 0.702. The zero-order chi connectivity index (χ0) is 15.7. The van der Waals surface area contributed by atoms with Gasteiger partial charge in [0.2, 0.25) is 12.2 Å². The van der Waals surface area contributed by atoms with Gasteiger partial charge in [-0.1, -0.05) is 0 Å². The number of nitro benzene ring substituents is 1. The van der Waals surface area contributed by atoms with Crippen LogP contribution in [0.2, 0.25) is 0 Å². The second kappa shape index (κ2) is 5.47. The molecule has 1 N–H and O–H groups in total. The Morgan fingerprint density at radius 2 is 1.95 bits per heavy atom. The van der Waals surface area contributed by atoms with Crippen LogP contribution in [-0.4, -0.2) is 52.5 Å². The second-order valence-corrected chi connectivity index (χ2v) is 5.05. The van der Waals surface area contributed by atoms with Gasteiger partial charge in [0.1, 0.15) is 5.52 Å². The highest BCUT2D eigenvalue weighted by Gasteiger charge is 2.22. The third-order valence-corrected chi connectivity index (χ3v) is 3.84. The van der Waals surface area contributed by atoms with Crippen LogP contribution in [0, 0.1) is 10.1 Å². The Balaban J connectivity index is 2.03. The first-order valence-electron chi connectivity index (χ1n) is 6.81. The predicted octanol–water partition coefficient (Wildman–Crippen LogP) is 1.13. The maximum atomic E-state index is 10.9. The molecule has 3 rings (SSSR count). The lowest BCUT2D eigenvalue weighted by molar-refractivity contribution is -0.385. The second-order valence-electron chi connectivity index (χ2n) is 5.05. The lowest BCUT2D eigenvalue weighted by Gasteiger charge is -2.34. The molecule has 0 atom stereocenters. The zero-order valence-corrected chi connectivity index (χ0v) is 11.7. The Bertz CT molecular complexity index is 741. The molecule has 2 aromatic rings. The van der Waals surface area contributed by atoms with E-state index in [0.717, 1.165) is 12.1 Å². The van der Waals surface area contributed by atoms with Crippen LogP contribution in [0.5, 0.6) is 5.75 Å². The summed E-state index contributed by atoms with van der Waals surface area (Å²) in [5.74, 6) is -0.420. The van der Waals surface area contributed by atoms with E-state index in [4.69, 9.17) is 0 Å². The first-order valence-corrected chi connectivity index (χ1v) is 6.81. The SMILES string of the molecule is O=CN1CCN(c2ccnc3c(O)c([N+](=O)[O-])ccc23)CC1. The van der Waals surface area contributed by atoms with Crippen LogP contribution in [-0.2, 0) is 4.79 Å². The Morgan fingerprint density at radius 3 is 2.59 bits per heavy atom. The molecule has 1 saturated heterocycles. The van der Waals surface area contributed by atoms with E-state index in [-0.39, 0.29) is 11.2 Å². The van der Waals surface area contributed by atoms with E-state index >= 15 is 0 Å². The van der Waals surface area contributed by atoms with E-state index in [9.17, 15) is 20.0 Å². The van der Waals surface area contributed by atoms with Crippen molar-refractivity contribution in [3.63, 3.8) is 0 Å². The highest BCUT2D eigenvalue weighted by molar-refractivity contribution is 5.97. The number of aromatic hydroxyl groups is 1. The van der Waals surface area contributed by atoms with Crippen LogP contribution in [0.1, 0.15) is 0 Å². The van der Waals surface area contributed by atoms with Crippen molar-refractivity contribution in [1.29, 1.82) is 0 Å². The highest BCUT2D eigenvalue weighted by Crippen LogP contribution is 2.36. The molecule has 0 saturated carbocycles. The van der Waals surface area contributed by atoms with Crippen molar-refractivity contribution in [3.8, 4) is 5.75 Å². The highest BCUT2D eigenvalue weighted by atomic mass is 16.6. The van der Waals surface area contributed by atoms with Gasteiger partial charge in [-0.25, -0.2) is 0 Å². The largest absolute Gasteiger partial charge is 0.501 e. The smallest absolute Gasteiger partial charge is 0.313 e. The molecule has 1 amide bonds. The molecule has 1 fully saturated rings. The molecule has 1 aromatic heterocycles. The number of carbonyl (C=O) groups excluding carboxylic acids is 1. The average Bonchev–Trinajstić information content (AvgIpc) is 2.54. The van der Waals surface area contributed by atoms with Gasteiger partial charge in [-0.05, 0) is 12.1 Å². The monoisotopic (exact) mass is 302 g/mol. The van der Waals surface area contributed by atoms with E-state index in [1.165, 1.54) is 12.3 Å². The van der Waals surface area contributed by atoms with Crippen LogP contribution in [0.25, 0.3) is 10.9 Å². The van der Waals surface area contributed by atoms with Crippen molar-refractivity contribution in [2.45, 2.75) is 0 Å². The maximum absolute atomic E-state index is 10.9. The molecule has 0 aliphatic carbocycles. The van der Waals surface area contributed by atoms with Crippen molar-refractivity contribution in [2.75, 3.05) is 31.1 Å². The minimum atomic E-state index is -0.633. The van der Waals surface area contributed by atoms with E-state index in [1.54, 1.807) is 11.0 Å². The van der Waals surface area contributed by atoms with Crippen molar-refractivity contribution < 1.29 is 14.8 Å². The normalized spacial score (nSPS) is 15.1. The van der Waals surface area contributed by atoms with Gasteiger partial charge in [-0.15, -0.1) is 0 Å². The van der Waals surface area contributed by atoms with Gasteiger partial charge in [-0.3, -0.25) is 19.9 Å². The lowest BCUT2D eigenvalue weighted by Crippen LogP contribution is -2.45. The Hall–Kier alpha value is -2.90. The quantitative estimate of drug-likeness (QED) is 0.518. The van der Waals surface area contributed by atoms with Crippen molar-refractivity contribution in [2.24, 2.45) is 0 Å². The molecule has 2 heterocycles. The van der Waals surface area contributed by atoms with Gasteiger partial charge in [0, 0.05) is 49.5 Å². The number of rotatable bonds is 3. The van der Waals surface area contributed by atoms with Gasteiger partial charge in [0.05, 0.1) is 4.92 Å². The zero-order valence-electron chi connectivity index (χ0n) is 11.7. The fourth-order valence-electron chi connectivity index (χ4n) is 2.67. The predicted molar refractivity (Wildman–Crippen MR) is 79.9 cm³/mol. The van der Waals surface area contributed by atoms with Gasteiger partial charge in [-0.2, -0.15) is 0 Å². The summed E-state index contributed by atoms with van der Waals surface area (Å²) in [6.07, 6.45) is 2.35. The molecule has 0 radical (unpaired) electrons. The molecule has 0 spiro atoms. The fraction of sp³-hybridized carbons (Fsp3) is 0.286. The van der Waals surface area contributed by atoms with Gasteiger partial charge in [0.25, 0.3) is 0 Å². The number of pyridine rings is 1. The molecular formula is C14H14N4O4. The minimum Gasteiger partial charge on any atom is -0.501 e. The lowest BCUT2D eigenvalue weighted by atomic mass is 10.1. The molecule has 8 heteroatoms. The maximum Gasteiger partial charge on any atom is 0.313 e. The molecular weight excluding hydrogens is 288 g/mol. The molecule has 22 heavy (non-hydrogen) atoms. The van der Waals surface area contributed by atoms with Crippen LogP contribution >= 0.6 is 0 Å². The van der Waals surface area contributed by atoms with Gasteiger partial charge >= 0.3 is 5.69 Å². The summed E-state index contributed by atoms with van der Waals surface area (Å²) in [6, 6.07) is 4.69.